The maximum Gasteiger partial charge on any atom is 0.270 e. The van der Waals surface area contributed by atoms with E-state index in [9.17, 15) is 4.79 Å². The molecular formula is C20H20N4O. The molecule has 0 spiro atoms. The lowest BCUT2D eigenvalue weighted by atomic mass is 10.2. The first kappa shape index (κ1) is 16.6. The zero-order valence-corrected chi connectivity index (χ0v) is 14.2. The lowest BCUT2D eigenvalue weighted by Crippen LogP contribution is -2.31. The minimum Gasteiger partial charge on any atom is -0.349 e. The molecule has 0 aliphatic heterocycles. The largest absolute Gasteiger partial charge is 0.349 e. The first-order valence-electron chi connectivity index (χ1n) is 8.19. The van der Waals surface area contributed by atoms with E-state index in [2.05, 4.69) is 20.6 Å². The van der Waals surface area contributed by atoms with Crippen LogP contribution in [0.1, 0.15) is 24.3 Å². The molecule has 3 aromatic rings. The quantitative estimate of drug-likeness (QED) is 0.740. The van der Waals surface area contributed by atoms with E-state index in [1.54, 1.807) is 6.07 Å². The molecule has 0 radical (unpaired) electrons. The number of anilines is 2. The first-order valence-corrected chi connectivity index (χ1v) is 8.19. The highest BCUT2D eigenvalue weighted by molar-refractivity contribution is 5.93. The summed E-state index contributed by atoms with van der Waals surface area (Å²) in [7, 11) is 0. The van der Waals surface area contributed by atoms with Gasteiger partial charge in [0.25, 0.3) is 5.91 Å². The zero-order valence-electron chi connectivity index (χ0n) is 14.2. The van der Waals surface area contributed by atoms with Gasteiger partial charge in [0.2, 0.25) is 0 Å². The Kier molecular flexibility index (Phi) is 5.04. The average molecular weight is 332 g/mol. The second kappa shape index (κ2) is 7.57. The minimum absolute atomic E-state index is 0.0353. The molecule has 3 rings (SSSR count). The van der Waals surface area contributed by atoms with Gasteiger partial charge in [-0.05, 0) is 26.0 Å². The minimum atomic E-state index is -0.217. The number of para-hydroxylation sites is 1. The van der Waals surface area contributed by atoms with Gasteiger partial charge in [-0.25, -0.2) is 9.97 Å². The van der Waals surface area contributed by atoms with Crippen LogP contribution in [-0.4, -0.2) is 21.9 Å². The number of benzene rings is 2. The van der Waals surface area contributed by atoms with E-state index in [0.717, 1.165) is 11.3 Å². The monoisotopic (exact) mass is 332 g/mol. The molecule has 1 amide bonds. The van der Waals surface area contributed by atoms with Gasteiger partial charge in [0.05, 0.1) is 0 Å². The van der Waals surface area contributed by atoms with Crippen LogP contribution in [0.3, 0.4) is 0 Å². The molecule has 2 N–H and O–H groups in total. The molecular weight excluding hydrogens is 312 g/mol. The molecule has 0 fully saturated rings. The fourth-order valence-corrected chi connectivity index (χ4v) is 2.35. The van der Waals surface area contributed by atoms with Crippen molar-refractivity contribution in [1.29, 1.82) is 0 Å². The van der Waals surface area contributed by atoms with E-state index in [4.69, 9.17) is 0 Å². The van der Waals surface area contributed by atoms with Crippen molar-refractivity contribution in [2.45, 2.75) is 19.9 Å². The first-order chi connectivity index (χ1) is 12.1. The highest BCUT2D eigenvalue weighted by Gasteiger charge is 2.14. The number of amides is 1. The summed E-state index contributed by atoms with van der Waals surface area (Å²) in [5.74, 6) is 0.870. The Morgan fingerprint density at radius 1 is 0.920 bits per heavy atom. The Morgan fingerprint density at radius 2 is 1.56 bits per heavy atom. The summed E-state index contributed by atoms with van der Waals surface area (Å²) in [5, 5.41) is 6.10. The fourth-order valence-electron chi connectivity index (χ4n) is 2.35. The molecule has 0 atom stereocenters. The van der Waals surface area contributed by atoms with E-state index < -0.39 is 0 Å². The van der Waals surface area contributed by atoms with Gasteiger partial charge < -0.3 is 10.6 Å². The number of aromatic nitrogens is 2. The number of rotatable bonds is 5. The van der Waals surface area contributed by atoms with Gasteiger partial charge in [-0.15, -0.1) is 0 Å². The van der Waals surface area contributed by atoms with Crippen molar-refractivity contribution in [3.05, 3.63) is 72.4 Å². The third kappa shape index (κ3) is 4.41. The molecule has 1 heterocycles. The summed E-state index contributed by atoms with van der Waals surface area (Å²) in [6.07, 6.45) is 0. The summed E-state index contributed by atoms with van der Waals surface area (Å²) in [4.78, 5) is 21.4. The normalized spacial score (nSPS) is 10.5. The van der Waals surface area contributed by atoms with Crippen LogP contribution in [0.2, 0.25) is 0 Å². The van der Waals surface area contributed by atoms with Gasteiger partial charge in [0.1, 0.15) is 11.5 Å². The van der Waals surface area contributed by atoms with E-state index in [-0.39, 0.29) is 11.9 Å². The van der Waals surface area contributed by atoms with Crippen LogP contribution in [0.15, 0.2) is 66.7 Å². The Balaban J connectivity index is 2.00. The van der Waals surface area contributed by atoms with Gasteiger partial charge in [0, 0.05) is 23.4 Å². The SMILES string of the molecule is CC(C)NC(=O)c1cc(Nc2ccccc2)nc(-c2ccccc2)n1. The number of hydrogen-bond acceptors (Lipinski definition) is 4. The summed E-state index contributed by atoms with van der Waals surface area (Å²) in [6, 6.07) is 21.0. The summed E-state index contributed by atoms with van der Waals surface area (Å²) >= 11 is 0. The topological polar surface area (TPSA) is 66.9 Å². The van der Waals surface area contributed by atoms with Crippen LogP contribution in [0, 0.1) is 0 Å². The molecule has 126 valence electrons. The van der Waals surface area contributed by atoms with Gasteiger partial charge >= 0.3 is 0 Å². The lowest BCUT2D eigenvalue weighted by Gasteiger charge is -2.12. The lowest BCUT2D eigenvalue weighted by molar-refractivity contribution is 0.0938. The standard InChI is InChI=1S/C20H20N4O/c1-14(2)21-20(25)17-13-18(22-16-11-7-4-8-12-16)24-19(23-17)15-9-5-3-6-10-15/h3-14H,1-2H3,(H,21,25)(H,22,23,24). The van der Waals surface area contributed by atoms with Crippen molar-refractivity contribution in [2.24, 2.45) is 0 Å². The van der Waals surface area contributed by atoms with Crippen molar-refractivity contribution in [3.8, 4) is 11.4 Å². The van der Waals surface area contributed by atoms with Crippen molar-refractivity contribution in [2.75, 3.05) is 5.32 Å². The molecule has 2 aromatic carbocycles. The predicted molar refractivity (Wildman–Crippen MR) is 99.8 cm³/mol. The Bertz CT molecular complexity index is 848. The van der Waals surface area contributed by atoms with Crippen LogP contribution >= 0.6 is 0 Å². The van der Waals surface area contributed by atoms with Crippen LogP contribution in [0.25, 0.3) is 11.4 Å². The van der Waals surface area contributed by atoms with Crippen molar-refractivity contribution in [3.63, 3.8) is 0 Å². The van der Waals surface area contributed by atoms with Gasteiger partial charge in [-0.1, -0.05) is 48.5 Å². The number of carbonyl (C=O) groups excluding carboxylic acids is 1. The predicted octanol–water partition coefficient (Wildman–Crippen LogP) is 4.03. The van der Waals surface area contributed by atoms with Crippen LogP contribution in [0.5, 0.6) is 0 Å². The summed E-state index contributed by atoms with van der Waals surface area (Å²) in [6.45, 7) is 3.83. The summed E-state index contributed by atoms with van der Waals surface area (Å²) in [5.41, 5.74) is 2.09. The van der Waals surface area contributed by atoms with Crippen molar-refractivity contribution >= 4 is 17.4 Å². The Hall–Kier alpha value is -3.21. The maximum absolute atomic E-state index is 12.4. The average Bonchev–Trinajstić information content (AvgIpc) is 2.62. The van der Waals surface area contributed by atoms with Crippen molar-refractivity contribution < 1.29 is 4.79 Å². The third-order valence-corrected chi connectivity index (χ3v) is 3.46. The molecule has 0 aliphatic rings. The van der Waals surface area contributed by atoms with Gasteiger partial charge in [-0.2, -0.15) is 0 Å². The van der Waals surface area contributed by atoms with Gasteiger partial charge in [0.15, 0.2) is 5.82 Å². The van der Waals surface area contributed by atoms with Crippen LogP contribution in [0.4, 0.5) is 11.5 Å². The second-order valence-corrected chi connectivity index (χ2v) is 5.95. The van der Waals surface area contributed by atoms with E-state index in [1.807, 2.05) is 74.5 Å². The van der Waals surface area contributed by atoms with Crippen molar-refractivity contribution in [1.82, 2.24) is 15.3 Å². The molecule has 25 heavy (non-hydrogen) atoms. The molecule has 0 unspecified atom stereocenters. The zero-order chi connectivity index (χ0) is 17.6. The Labute approximate surface area is 147 Å². The Morgan fingerprint density at radius 3 is 2.20 bits per heavy atom. The maximum atomic E-state index is 12.4. The second-order valence-electron chi connectivity index (χ2n) is 5.95. The van der Waals surface area contributed by atoms with E-state index in [1.165, 1.54) is 0 Å². The number of hydrogen-bond donors (Lipinski definition) is 2. The molecule has 0 saturated carbocycles. The number of carbonyl (C=O) groups is 1. The third-order valence-electron chi connectivity index (χ3n) is 3.46. The molecule has 0 aliphatic carbocycles. The van der Waals surface area contributed by atoms with E-state index >= 15 is 0 Å². The molecule has 1 aromatic heterocycles. The molecule has 0 saturated heterocycles. The highest BCUT2D eigenvalue weighted by Crippen LogP contribution is 2.20. The van der Waals surface area contributed by atoms with E-state index in [0.29, 0.717) is 17.3 Å². The molecule has 5 heteroatoms. The number of nitrogens with one attached hydrogen (secondary N) is 2. The van der Waals surface area contributed by atoms with Crippen LogP contribution < -0.4 is 10.6 Å². The molecule has 5 nitrogen and oxygen atoms in total. The smallest absolute Gasteiger partial charge is 0.270 e. The number of nitrogens with zero attached hydrogens (tertiary/aromatic N) is 2. The van der Waals surface area contributed by atoms with Crippen LogP contribution in [-0.2, 0) is 0 Å². The molecule has 0 bridgehead atoms. The highest BCUT2D eigenvalue weighted by atomic mass is 16.1. The summed E-state index contributed by atoms with van der Waals surface area (Å²) < 4.78 is 0. The van der Waals surface area contributed by atoms with Gasteiger partial charge in [-0.3, -0.25) is 4.79 Å². The fraction of sp³-hybridized carbons (Fsp3) is 0.150.